The predicted octanol–water partition coefficient (Wildman–Crippen LogP) is 3.01. The molecular weight excluding hydrogens is 499 g/mol. The summed E-state index contributed by atoms with van der Waals surface area (Å²) in [6, 6.07) is 10.9. The molecule has 1 fully saturated rings. The first-order valence-corrected chi connectivity index (χ1v) is 9.82. The zero-order chi connectivity index (χ0) is 20.3. The van der Waals surface area contributed by atoms with Crippen molar-refractivity contribution in [2.45, 2.75) is 25.5 Å². The lowest BCUT2D eigenvalue weighted by molar-refractivity contribution is 0.0420. The van der Waals surface area contributed by atoms with Crippen LogP contribution in [0.25, 0.3) is 0 Å². The van der Waals surface area contributed by atoms with Gasteiger partial charge >= 0.3 is 0 Å². The van der Waals surface area contributed by atoms with Crippen LogP contribution in [0.1, 0.15) is 29.0 Å². The SMILES string of the molecule is CN=C(NCCCOC1CCOC1)NCc1ccc(NC(=O)c2ccco2)cc1.I. The van der Waals surface area contributed by atoms with Gasteiger partial charge < -0.3 is 29.8 Å². The molecule has 0 bridgehead atoms. The zero-order valence-electron chi connectivity index (χ0n) is 17.1. The molecule has 2 heterocycles. The summed E-state index contributed by atoms with van der Waals surface area (Å²) in [6.45, 7) is 3.63. The normalized spacial score (nSPS) is 16.0. The smallest absolute Gasteiger partial charge is 0.291 e. The molecular formula is C21H29IN4O4. The summed E-state index contributed by atoms with van der Waals surface area (Å²) in [7, 11) is 1.75. The maximum absolute atomic E-state index is 12.0. The number of carbonyl (C=O) groups excluding carboxylic acids is 1. The van der Waals surface area contributed by atoms with Gasteiger partial charge in [-0.3, -0.25) is 9.79 Å². The Morgan fingerprint density at radius 3 is 2.73 bits per heavy atom. The Morgan fingerprint density at radius 2 is 2.07 bits per heavy atom. The molecule has 1 aliphatic rings. The quantitative estimate of drug-likeness (QED) is 0.201. The minimum absolute atomic E-state index is 0. The van der Waals surface area contributed by atoms with Crippen LogP contribution in [0.4, 0.5) is 5.69 Å². The molecule has 0 spiro atoms. The van der Waals surface area contributed by atoms with E-state index in [-0.39, 0.29) is 41.7 Å². The van der Waals surface area contributed by atoms with Gasteiger partial charge in [0.05, 0.1) is 19.0 Å². The number of guanidine groups is 1. The van der Waals surface area contributed by atoms with Crippen molar-refractivity contribution in [2.75, 3.05) is 38.7 Å². The third kappa shape index (κ3) is 7.96. The molecule has 8 nitrogen and oxygen atoms in total. The van der Waals surface area contributed by atoms with E-state index in [1.54, 1.807) is 19.2 Å². The first-order chi connectivity index (χ1) is 14.2. The largest absolute Gasteiger partial charge is 0.459 e. The van der Waals surface area contributed by atoms with Crippen LogP contribution < -0.4 is 16.0 Å². The number of carbonyl (C=O) groups is 1. The Morgan fingerprint density at radius 1 is 1.23 bits per heavy atom. The van der Waals surface area contributed by atoms with Crippen LogP contribution in [0.15, 0.2) is 52.1 Å². The van der Waals surface area contributed by atoms with Crippen LogP contribution in [-0.4, -0.2) is 51.4 Å². The Labute approximate surface area is 193 Å². The number of nitrogens with one attached hydrogen (secondary N) is 3. The molecule has 1 saturated heterocycles. The molecule has 1 atom stereocenters. The second kappa shape index (κ2) is 13.2. The number of hydrogen-bond donors (Lipinski definition) is 3. The Hall–Kier alpha value is -2.11. The fourth-order valence-corrected chi connectivity index (χ4v) is 2.89. The monoisotopic (exact) mass is 528 g/mol. The zero-order valence-corrected chi connectivity index (χ0v) is 19.4. The number of nitrogens with zero attached hydrogens (tertiary/aromatic N) is 1. The first kappa shape index (κ1) is 24.2. The third-order valence-corrected chi connectivity index (χ3v) is 4.50. The van der Waals surface area contributed by atoms with E-state index in [0.717, 1.165) is 37.5 Å². The lowest BCUT2D eigenvalue weighted by atomic mass is 10.2. The van der Waals surface area contributed by atoms with E-state index >= 15 is 0 Å². The summed E-state index contributed by atoms with van der Waals surface area (Å²) in [6.07, 6.45) is 3.62. The maximum atomic E-state index is 12.0. The average molecular weight is 528 g/mol. The molecule has 2 aromatic rings. The number of ether oxygens (including phenoxy) is 2. The summed E-state index contributed by atoms with van der Waals surface area (Å²) < 4.78 is 16.1. The van der Waals surface area contributed by atoms with Crippen LogP contribution in [0.2, 0.25) is 0 Å². The van der Waals surface area contributed by atoms with E-state index in [0.29, 0.717) is 25.4 Å². The molecule has 1 aliphatic heterocycles. The highest BCUT2D eigenvalue weighted by Crippen LogP contribution is 2.12. The Bertz CT molecular complexity index is 775. The molecule has 0 radical (unpaired) electrons. The van der Waals surface area contributed by atoms with Crippen molar-refractivity contribution >= 4 is 41.5 Å². The number of benzene rings is 1. The van der Waals surface area contributed by atoms with E-state index in [9.17, 15) is 4.79 Å². The molecule has 164 valence electrons. The first-order valence-electron chi connectivity index (χ1n) is 9.82. The molecule has 1 aromatic heterocycles. The van der Waals surface area contributed by atoms with E-state index in [1.165, 1.54) is 6.26 Å². The van der Waals surface area contributed by atoms with Gasteiger partial charge in [0.25, 0.3) is 5.91 Å². The highest BCUT2D eigenvalue weighted by atomic mass is 127. The van der Waals surface area contributed by atoms with Gasteiger partial charge in [0, 0.05) is 39.0 Å². The predicted molar refractivity (Wildman–Crippen MR) is 127 cm³/mol. The summed E-state index contributed by atoms with van der Waals surface area (Å²) in [4.78, 5) is 16.2. The number of amides is 1. The van der Waals surface area contributed by atoms with Gasteiger partial charge in [0.1, 0.15) is 0 Å². The van der Waals surface area contributed by atoms with Gasteiger partial charge in [0.15, 0.2) is 11.7 Å². The van der Waals surface area contributed by atoms with Crippen LogP contribution in [0, 0.1) is 0 Å². The molecule has 3 rings (SSSR count). The number of rotatable bonds is 9. The summed E-state index contributed by atoms with van der Waals surface area (Å²) in [5.41, 5.74) is 1.79. The highest BCUT2D eigenvalue weighted by molar-refractivity contribution is 14.0. The number of aliphatic imine (C=N–C) groups is 1. The van der Waals surface area contributed by atoms with Crippen molar-refractivity contribution in [1.29, 1.82) is 0 Å². The van der Waals surface area contributed by atoms with Crippen molar-refractivity contribution in [3.8, 4) is 0 Å². The van der Waals surface area contributed by atoms with Crippen molar-refractivity contribution < 1.29 is 18.7 Å². The summed E-state index contributed by atoms with van der Waals surface area (Å²) >= 11 is 0. The van der Waals surface area contributed by atoms with E-state index in [1.807, 2.05) is 24.3 Å². The van der Waals surface area contributed by atoms with Gasteiger partial charge in [-0.05, 0) is 42.7 Å². The number of halogens is 1. The third-order valence-electron chi connectivity index (χ3n) is 4.50. The van der Waals surface area contributed by atoms with E-state index < -0.39 is 0 Å². The summed E-state index contributed by atoms with van der Waals surface area (Å²) in [5.74, 6) is 0.756. The highest BCUT2D eigenvalue weighted by Gasteiger charge is 2.15. The van der Waals surface area contributed by atoms with Crippen LogP contribution >= 0.6 is 24.0 Å². The van der Waals surface area contributed by atoms with Crippen molar-refractivity contribution in [1.82, 2.24) is 10.6 Å². The molecule has 3 N–H and O–H groups in total. The fraction of sp³-hybridized carbons (Fsp3) is 0.429. The van der Waals surface area contributed by atoms with Gasteiger partial charge in [-0.15, -0.1) is 24.0 Å². The summed E-state index contributed by atoms with van der Waals surface area (Å²) in [5, 5.41) is 9.35. The van der Waals surface area contributed by atoms with Crippen molar-refractivity contribution in [3.63, 3.8) is 0 Å². The van der Waals surface area contributed by atoms with Crippen molar-refractivity contribution in [3.05, 3.63) is 54.0 Å². The average Bonchev–Trinajstić information content (AvgIpc) is 3.45. The minimum Gasteiger partial charge on any atom is -0.459 e. The molecule has 30 heavy (non-hydrogen) atoms. The standard InChI is InChI=1S/C21H28N4O4.HI/c1-22-21(23-10-3-12-28-18-9-13-27-15-18)24-14-16-5-7-17(8-6-16)25-20(26)19-4-2-11-29-19;/h2,4-8,11,18H,3,9-10,12-15H2,1H3,(H,25,26)(H2,22,23,24);1H. The van der Waals surface area contributed by atoms with Gasteiger partial charge in [0.2, 0.25) is 0 Å². The lowest BCUT2D eigenvalue weighted by Crippen LogP contribution is -2.37. The maximum Gasteiger partial charge on any atom is 0.291 e. The number of hydrogen-bond acceptors (Lipinski definition) is 5. The van der Waals surface area contributed by atoms with Gasteiger partial charge in [-0.2, -0.15) is 0 Å². The molecule has 9 heteroatoms. The van der Waals surface area contributed by atoms with Gasteiger partial charge in [-0.25, -0.2) is 0 Å². The van der Waals surface area contributed by atoms with Crippen LogP contribution in [-0.2, 0) is 16.0 Å². The molecule has 1 aromatic carbocycles. The molecule has 0 saturated carbocycles. The van der Waals surface area contributed by atoms with Crippen molar-refractivity contribution in [2.24, 2.45) is 4.99 Å². The Kier molecular flexibility index (Phi) is 10.7. The minimum atomic E-state index is -0.269. The lowest BCUT2D eigenvalue weighted by Gasteiger charge is -2.13. The van der Waals surface area contributed by atoms with E-state index in [2.05, 4.69) is 20.9 Å². The fourth-order valence-electron chi connectivity index (χ4n) is 2.89. The van der Waals surface area contributed by atoms with Crippen LogP contribution in [0.3, 0.4) is 0 Å². The second-order valence-corrected chi connectivity index (χ2v) is 6.69. The van der Waals surface area contributed by atoms with Crippen LogP contribution in [0.5, 0.6) is 0 Å². The topological polar surface area (TPSA) is 97.1 Å². The molecule has 1 amide bonds. The second-order valence-electron chi connectivity index (χ2n) is 6.69. The van der Waals surface area contributed by atoms with Gasteiger partial charge in [-0.1, -0.05) is 12.1 Å². The number of anilines is 1. The Balaban J connectivity index is 0.00000320. The molecule has 1 unspecified atom stereocenters. The number of furan rings is 1. The van der Waals surface area contributed by atoms with E-state index in [4.69, 9.17) is 13.9 Å². The molecule has 0 aliphatic carbocycles.